The van der Waals surface area contributed by atoms with Crippen LogP contribution in [0.3, 0.4) is 0 Å². The van der Waals surface area contributed by atoms with Crippen molar-refractivity contribution in [3.63, 3.8) is 0 Å². The molecule has 7 unspecified atom stereocenters. The van der Waals surface area contributed by atoms with Gasteiger partial charge in [0.2, 0.25) is 0 Å². The fourth-order valence-corrected chi connectivity index (χ4v) is 10.7. The number of carboxylic acid groups (broad SMARTS) is 1. The minimum Gasteiger partial charge on any atom is -0.481 e. The third kappa shape index (κ3) is 2.28. The molecular weight excluding hydrogens is 372 g/mol. The number of fused-ring (bicyclic) bond motifs is 7. The molecule has 5 saturated carbocycles. The summed E-state index contributed by atoms with van der Waals surface area (Å²) in [6, 6.07) is 0. The molecule has 1 N–H and O–H groups in total. The molecule has 0 amide bonds. The van der Waals surface area contributed by atoms with Gasteiger partial charge in [-0.15, -0.1) is 0 Å². The molecule has 5 fully saturated rings. The topological polar surface area (TPSA) is 54.4 Å². The Bertz CT molecular complexity index is 774. The van der Waals surface area contributed by atoms with E-state index in [0.29, 0.717) is 35.4 Å². The third-order valence-corrected chi connectivity index (χ3v) is 12.5. The van der Waals surface area contributed by atoms with Gasteiger partial charge in [-0.1, -0.05) is 34.6 Å². The second-order valence-electron chi connectivity index (χ2n) is 13.0. The lowest BCUT2D eigenvalue weighted by molar-refractivity contribution is -0.229. The summed E-state index contributed by atoms with van der Waals surface area (Å²) in [5.41, 5.74) is 0.321. The van der Waals surface area contributed by atoms with Crippen molar-refractivity contribution in [2.45, 2.75) is 98.8 Å². The van der Waals surface area contributed by atoms with Gasteiger partial charge >= 0.3 is 5.97 Å². The molecule has 0 bridgehead atoms. The zero-order chi connectivity index (χ0) is 21.7. The summed E-state index contributed by atoms with van der Waals surface area (Å²) in [7, 11) is 0. The Morgan fingerprint density at radius 3 is 2.30 bits per heavy atom. The van der Waals surface area contributed by atoms with Crippen LogP contribution in [0.5, 0.6) is 0 Å². The Kier molecular flexibility index (Phi) is 4.45. The van der Waals surface area contributed by atoms with Gasteiger partial charge in [0.05, 0.1) is 5.41 Å². The molecule has 5 aliphatic carbocycles. The van der Waals surface area contributed by atoms with Crippen LogP contribution in [0.2, 0.25) is 0 Å². The predicted molar refractivity (Wildman–Crippen MR) is 118 cm³/mol. The van der Waals surface area contributed by atoms with Gasteiger partial charge in [0.25, 0.3) is 0 Å². The standard InChI is InChI=1S/C27H42O3/c1-16-8-13-27(23(29)30)15-14-25(4)19(22(16)27)6-7-21-24(3)11-10-20(28)17(2)18(24)9-12-26(21,25)5/h16-19,21-22H,6-15H2,1-5H3,(H,29,30)/t16-,17?,18?,19?,21?,22-,24?,25-,26?,27?/m1/s1. The number of carbonyl (C=O) groups is 2. The summed E-state index contributed by atoms with van der Waals surface area (Å²) in [6.07, 6.45) is 10.6. The monoisotopic (exact) mass is 414 g/mol. The molecule has 0 spiro atoms. The first kappa shape index (κ1) is 21.0. The highest BCUT2D eigenvalue weighted by Gasteiger charge is 2.70. The molecule has 3 nitrogen and oxygen atoms in total. The van der Waals surface area contributed by atoms with Crippen molar-refractivity contribution in [3.8, 4) is 0 Å². The largest absolute Gasteiger partial charge is 0.481 e. The second kappa shape index (κ2) is 6.35. The Hall–Kier alpha value is -0.860. The summed E-state index contributed by atoms with van der Waals surface area (Å²) in [5.74, 6) is 2.85. The molecule has 0 aromatic carbocycles. The van der Waals surface area contributed by atoms with E-state index in [2.05, 4.69) is 34.6 Å². The molecule has 5 rings (SSSR count). The molecule has 0 aliphatic heterocycles. The Labute approximate surface area is 182 Å². The molecule has 3 heteroatoms. The van der Waals surface area contributed by atoms with Crippen LogP contribution < -0.4 is 0 Å². The van der Waals surface area contributed by atoms with E-state index in [-0.39, 0.29) is 22.2 Å². The van der Waals surface area contributed by atoms with Crippen molar-refractivity contribution in [3.05, 3.63) is 0 Å². The smallest absolute Gasteiger partial charge is 0.309 e. The molecule has 0 aromatic rings. The first-order valence-electron chi connectivity index (χ1n) is 12.8. The minimum atomic E-state index is -0.513. The zero-order valence-corrected chi connectivity index (χ0v) is 19.8. The van der Waals surface area contributed by atoms with Crippen LogP contribution in [0.1, 0.15) is 98.8 Å². The van der Waals surface area contributed by atoms with Crippen molar-refractivity contribution in [2.75, 3.05) is 0 Å². The summed E-state index contributed by atoms with van der Waals surface area (Å²) in [6.45, 7) is 12.2. The van der Waals surface area contributed by atoms with Gasteiger partial charge in [-0.05, 0) is 104 Å². The van der Waals surface area contributed by atoms with Crippen molar-refractivity contribution < 1.29 is 14.7 Å². The average molecular weight is 415 g/mol. The summed E-state index contributed by atoms with van der Waals surface area (Å²) >= 11 is 0. The van der Waals surface area contributed by atoms with Crippen molar-refractivity contribution >= 4 is 11.8 Å². The van der Waals surface area contributed by atoms with Crippen LogP contribution in [-0.4, -0.2) is 16.9 Å². The number of aliphatic carboxylic acids is 1. The van der Waals surface area contributed by atoms with E-state index in [9.17, 15) is 14.7 Å². The van der Waals surface area contributed by atoms with Crippen molar-refractivity contribution in [1.29, 1.82) is 0 Å². The molecule has 5 aliphatic rings. The van der Waals surface area contributed by atoms with E-state index < -0.39 is 11.4 Å². The van der Waals surface area contributed by atoms with Crippen molar-refractivity contribution in [2.24, 2.45) is 57.2 Å². The lowest BCUT2D eigenvalue weighted by Gasteiger charge is -2.71. The number of Topliss-reactive ketones (excluding diaryl/α,β-unsaturated/α-hetero) is 1. The Morgan fingerprint density at radius 2 is 1.60 bits per heavy atom. The molecular formula is C27H42O3. The SMILES string of the molecule is CC1C(=O)CCC2(C)C1CCC1(C)C2CCC2[C@H]3[C@H](C)CCC3(C(=O)O)CC[C@]21C. The Balaban J connectivity index is 1.55. The van der Waals surface area contributed by atoms with E-state index in [1.807, 2.05) is 0 Å². The van der Waals surface area contributed by atoms with Gasteiger partial charge in [0, 0.05) is 12.3 Å². The van der Waals surface area contributed by atoms with E-state index in [0.717, 1.165) is 38.5 Å². The summed E-state index contributed by atoms with van der Waals surface area (Å²) in [4.78, 5) is 25.0. The van der Waals surface area contributed by atoms with Gasteiger partial charge in [-0.3, -0.25) is 9.59 Å². The van der Waals surface area contributed by atoms with Gasteiger partial charge in [0.15, 0.2) is 0 Å². The van der Waals surface area contributed by atoms with Gasteiger partial charge in [0.1, 0.15) is 5.78 Å². The highest BCUT2D eigenvalue weighted by atomic mass is 16.4. The number of carbonyl (C=O) groups excluding carboxylic acids is 1. The first-order valence-corrected chi connectivity index (χ1v) is 12.8. The molecule has 0 heterocycles. The van der Waals surface area contributed by atoms with E-state index in [4.69, 9.17) is 0 Å². The molecule has 10 atom stereocenters. The molecule has 0 aromatic heterocycles. The van der Waals surface area contributed by atoms with Crippen LogP contribution >= 0.6 is 0 Å². The van der Waals surface area contributed by atoms with E-state index in [1.165, 1.54) is 25.7 Å². The predicted octanol–water partition coefficient (Wildman–Crippen LogP) is 6.35. The summed E-state index contributed by atoms with van der Waals surface area (Å²) in [5, 5.41) is 10.3. The van der Waals surface area contributed by atoms with Crippen LogP contribution in [0.25, 0.3) is 0 Å². The lowest BCUT2D eigenvalue weighted by Crippen LogP contribution is -2.65. The highest BCUT2D eigenvalue weighted by molar-refractivity contribution is 5.82. The summed E-state index contributed by atoms with van der Waals surface area (Å²) < 4.78 is 0. The number of carboxylic acids is 1. The minimum absolute atomic E-state index is 0.222. The maximum atomic E-state index is 12.5. The van der Waals surface area contributed by atoms with Crippen molar-refractivity contribution in [1.82, 2.24) is 0 Å². The third-order valence-electron chi connectivity index (χ3n) is 12.5. The number of hydrogen-bond acceptors (Lipinski definition) is 2. The molecule has 0 radical (unpaired) electrons. The highest BCUT2D eigenvalue weighted by Crippen LogP contribution is 2.76. The zero-order valence-electron chi connectivity index (χ0n) is 19.8. The van der Waals surface area contributed by atoms with Crippen LogP contribution in [0.4, 0.5) is 0 Å². The molecule has 168 valence electrons. The van der Waals surface area contributed by atoms with Crippen LogP contribution in [-0.2, 0) is 9.59 Å². The second-order valence-corrected chi connectivity index (χ2v) is 13.0. The number of hydrogen-bond donors (Lipinski definition) is 1. The fourth-order valence-electron chi connectivity index (χ4n) is 10.7. The number of rotatable bonds is 1. The fraction of sp³-hybridized carbons (Fsp3) is 0.926. The normalized spacial score (nSPS) is 57.7. The van der Waals surface area contributed by atoms with E-state index in [1.54, 1.807) is 0 Å². The average Bonchev–Trinajstić information content (AvgIpc) is 3.04. The van der Waals surface area contributed by atoms with Gasteiger partial charge in [-0.25, -0.2) is 0 Å². The Morgan fingerprint density at radius 1 is 0.867 bits per heavy atom. The van der Waals surface area contributed by atoms with Gasteiger partial charge in [-0.2, -0.15) is 0 Å². The quantitative estimate of drug-likeness (QED) is 0.544. The lowest BCUT2D eigenvalue weighted by atomic mass is 9.33. The molecule has 0 saturated heterocycles. The molecule has 30 heavy (non-hydrogen) atoms. The van der Waals surface area contributed by atoms with Gasteiger partial charge < -0.3 is 5.11 Å². The van der Waals surface area contributed by atoms with Crippen LogP contribution in [0, 0.1) is 57.2 Å². The maximum Gasteiger partial charge on any atom is 0.309 e. The first-order chi connectivity index (χ1) is 14.0. The van der Waals surface area contributed by atoms with E-state index >= 15 is 0 Å². The number of ketones is 1. The maximum absolute atomic E-state index is 12.5. The van der Waals surface area contributed by atoms with Crippen LogP contribution in [0.15, 0.2) is 0 Å².